The fourth-order valence-electron chi connectivity index (χ4n) is 2.21. The molecule has 7 nitrogen and oxygen atoms in total. The van der Waals surface area contributed by atoms with E-state index < -0.39 is 36.8 Å². The molecule has 10 heteroatoms. The van der Waals surface area contributed by atoms with Crippen LogP contribution < -0.4 is 4.31 Å². The number of para-hydroxylation sites is 1. The van der Waals surface area contributed by atoms with Crippen LogP contribution in [0.1, 0.15) is 6.92 Å². The third-order valence-corrected chi connectivity index (χ3v) is 5.84. The van der Waals surface area contributed by atoms with Crippen molar-refractivity contribution in [1.82, 2.24) is 0 Å². The summed E-state index contributed by atoms with van der Waals surface area (Å²) in [5.41, 5.74) is -0.545. The van der Waals surface area contributed by atoms with E-state index in [9.17, 15) is 23.3 Å². The van der Waals surface area contributed by atoms with Gasteiger partial charge in [0.2, 0.25) is 5.24 Å². The molecule has 0 saturated carbocycles. The highest BCUT2D eigenvalue weighted by atomic mass is 35.5. The highest BCUT2D eigenvalue weighted by Crippen LogP contribution is 2.32. The fourth-order valence-corrected chi connectivity index (χ4v) is 4.32. The number of hydrogen-bond donors (Lipinski definition) is 0. The van der Waals surface area contributed by atoms with Crippen LogP contribution in [0.4, 0.5) is 11.4 Å². The molecule has 25 heavy (non-hydrogen) atoms. The maximum Gasteiger partial charge on any atom is 0.289 e. The lowest BCUT2D eigenvalue weighted by atomic mass is 10.3. The van der Waals surface area contributed by atoms with Crippen molar-refractivity contribution in [3.8, 4) is 0 Å². The zero-order valence-corrected chi connectivity index (χ0v) is 15.1. The standard InChI is InChI=1S/C15H12Cl2N2O5S/c1-10(15(17)20)18(12-6-4-5-11(16)9-12)25(23,24)14-8-3-2-7-13(14)19(21)22/h2-10H,1H3. The predicted molar refractivity (Wildman–Crippen MR) is 94.5 cm³/mol. The molecule has 0 N–H and O–H groups in total. The lowest BCUT2D eigenvalue weighted by Crippen LogP contribution is -2.42. The second kappa shape index (κ2) is 7.38. The van der Waals surface area contributed by atoms with Crippen LogP contribution in [-0.4, -0.2) is 24.6 Å². The molecule has 0 aromatic heterocycles. The summed E-state index contributed by atoms with van der Waals surface area (Å²) in [5, 5.41) is 10.5. The molecule has 132 valence electrons. The number of rotatable bonds is 6. The maximum absolute atomic E-state index is 13.1. The lowest BCUT2D eigenvalue weighted by Gasteiger charge is -2.28. The van der Waals surface area contributed by atoms with Crippen LogP contribution in [0.15, 0.2) is 53.4 Å². The number of carbonyl (C=O) groups is 1. The molecular formula is C15H12Cl2N2O5S. The normalized spacial score (nSPS) is 12.4. The Bertz CT molecular complexity index is 933. The van der Waals surface area contributed by atoms with Gasteiger partial charge in [0.05, 0.1) is 10.6 Å². The molecule has 0 radical (unpaired) electrons. The van der Waals surface area contributed by atoms with Gasteiger partial charge >= 0.3 is 0 Å². The van der Waals surface area contributed by atoms with Crippen molar-refractivity contribution >= 4 is 49.8 Å². The summed E-state index contributed by atoms with van der Waals surface area (Å²) in [6.45, 7) is 1.28. The quantitative estimate of drug-likeness (QED) is 0.417. The van der Waals surface area contributed by atoms with Gasteiger partial charge in [-0.2, -0.15) is 0 Å². The number of benzene rings is 2. The van der Waals surface area contributed by atoms with E-state index in [2.05, 4.69) is 0 Å². The SMILES string of the molecule is CC(C(=O)Cl)N(c1cccc(Cl)c1)S(=O)(=O)c1ccccc1[N+](=O)[O-]. The zero-order valence-electron chi connectivity index (χ0n) is 12.8. The second-order valence-corrected chi connectivity index (χ2v) is 7.58. The van der Waals surface area contributed by atoms with Gasteiger partial charge in [0.15, 0.2) is 4.90 Å². The number of halogens is 2. The van der Waals surface area contributed by atoms with Crippen molar-refractivity contribution in [1.29, 1.82) is 0 Å². The first-order chi connectivity index (χ1) is 11.7. The first kappa shape index (κ1) is 19.2. The van der Waals surface area contributed by atoms with Crippen LogP contribution in [0.2, 0.25) is 5.02 Å². The van der Waals surface area contributed by atoms with Crippen LogP contribution >= 0.6 is 23.2 Å². The number of nitrogens with zero attached hydrogens (tertiary/aromatic N) is 2. The Morgan fingerprint density at radius 2 is 1.84 bits per heavy atom. The Hall–Kier alpha value is -2.16. The Labute approximate surface area is 154 Å². The first-order valence-corrected chi connectivity index (χ1v) is 9.08. The summed E-state index contributed by atoms with van der Waals surface area (Å²) in [4.78, 5) is 21.5. The van der Waals surface area contributed by atoms with Crippen molar-refractivity contribution in [2.24, 2.45) is 0 Å². The summed E-state index contributed by atoms with van der Waals surface area (Å²) in [6.07, 6.45) is 0. The van der Waals surface area contributed by atoms with E-state index >= 15 is 0 Å². The van der Waals surface area contributed by atoms with Crippen LogP contribution in [0, 0.1) is 10.1 Å². The summed E-state index contributed by atoms with van der Waals surface area (Å²) in [5.74, 6) is 0. The van der Waals surface area contributed by atoms with Crippen molar-refractivity contribution in [3.63, 3.8) is 0 Å². The topological polar surface area (TPSA) is 97.6 Å². The number of anilines is 1. The van der Waals surface area contributed by atoms with E-state index in [1.807, 2.05) is 0 Å². The lowest BCUT2D eigenvalue weighted by molar-refractivity contribution is -0.387. The summed E-state index contributed by atoms with van der Waals surface area (Å²) >= 11 is 11.4. The Morgan fingerprint density at radius 3 is 2.40 bits per heavy atom. The van der Waals surface area contributed by atoms with E-state index in [1.54, 1.807) is 0 Å². The third kappa shape index (κ3) is 3.92. The second-order valence-electron chi connectivity index (χ2n) is 4.99. The molecule has 2 aromatic rings. The first-order valence-electron chi connectivity index (χ1n) is 6.89. The minimum atomic E-state index is -4.46. The van der Waals surface area contributed by atoms with Crippen molar-refractivity contribution < 1.29 is 18.1 Å². The number of nitro benzene ring substituents is 1. The highest BCUT2D eigenvalue weighted by molar-refractivity contribution is 7.93. The summed E-state index contributed by atoms with van der Waals surface area (Å²) in [6, 6.07) is 9.30. The Balaban J connectivity index is 2.73. The molecule has 2 rings (SSSR count). The van der Waals surface area contributed by atoms with E-state index in [-0.39, 0.29) is 10.7 Å². The van der Waals surface area contributed by atoms with E-state index in [0.717, 1.165) is 16.4 Å². The Kier molecular flexibility index (Phi) is 5.66. The highest BCUT2D eigenvalue weighted by Gasteiger charge is 2.36. The van der Waals surface area contributed by atoms with Crippen LogP contribution in [0.3, 0.4) is 0 Å². The molecule has 0 saturated heterocycles. The van der Waals surface area contributed by atoms with E-state index in [0.29, 0.717) is 0 Å². The third-order valence-electron chi connectivity index (χ3n) is 3.34. The number of hydrogen-bond acceptors (Lipinski definition) is 5. The van der Waals surface area contributed by atoms with Gasteiger partial charge in [-0.3, -0.25) is 19.2 Å². The van der Waals surface area contributed by atoms with Crippen molar-refractivity contribution in [2.45, 2.75) is 17.9 Å². The minimum Gasteiger partial charge on any atom is -0.279 e. The van der Waals surface area contributed by atoms with Gasteiger partial charge < -0.3 is 0 Å². The summed E-state index contributed by atoms with van der Waals surface area (Å²) in [7, 11) is -4.46. The van der Waals surface area contributed by atoms with Crippen LogP contribution in [0.5, 0.6) is 0 Å². The van der Waals surface area contributed by atoms with Gasteiger partial charge in [0.1, 0.15) is 6.04 Å². The van der Waals surface area contributed by atoms with E-state index in [1.165, 1.54) is 43.3 Å². The number of carbonyl (C=O) groups excluding carboxylic acids is 1. The molecule has 0 bridgehead atoms. The van der Waals surface area contributed by atoms with Gasteiger partial charge in [0.25, 0.3) is 15.7 Å². The van der Waals surface area contributed by atoms with Gasteiger partial charge in [-0.1, -0.05) is 29.8 Å². The molecule has 2 aromatic carbocycles. The minimum absolute atomic E-state index is 0.0622. The molecule has 0 amide bonds. The largest absolute Gasteiger partial charge is 0.289 e. The van der Waals surface area contributed by atoms with Gasteiger partial charge in [-0.25, -0.2) is 8.42 Å². The molecular weight excluding hydrogens is 391 g/mol. The molecule has 1 atom stereocenters. The smallest absolute Gasteiger partial charge is 0.279 e. The zero-order chi connectivity index (χ0) is 18.8. The van der Waals surface area contributed by atoms with Crippen LogP contribution in [-0.2, 0) is 14.8 Å². The molecule has 0 aliphatic carbocycles. The van der Waals surface area contributed by atoms with E-state index in [4.69, 9.17) is 23.2 Å². The summed E-state index contributed by atoms with van der Waals surface area (Å²) < 4.78 is 26.9. The van der Waals surface area contributed by atoms with Crippen LogP contribution in [0.25, 0.3) is 0 Å². The van der Waals surface area contributed by atoms with Crippen molar-refractivity contribution in [3.05, 3.63) is 63.7 Å². The molecule has 0 heterocycles. The average Bonchev–Trinajstić information content (AvgIpc) is 2.54. The van der Waals surface area contributed by atoms with Gasteiger partial charge in [-0.15, -0.1) is 0 Å². The molecule has 0 aliphatic heterocycles. The molecule has 0 spiro atoms. The van der Waals surface area contributed by atoms with Crippen molar-refractivity contribution in [2.75, 3.05) is 4.31 Å². The fraction of sp³-hybridized carbons (Fsp3) is 0.133. The van der Waals surface area contributed by atoms with Gasteiger partial charge in [0, 0.05) is 11.1 Å². The Morgan fingerprint density at radius 1 is 1.20 bits per heavy atom. The average molecular weight is 403 g/mol. The molecule has 0 aliphatic rings. The molecule has 1 unspecified atom stereocenters. The molecule has 0 fully saturated rings. The maximum atomic E-state index is 13.1. The van der Waals surface area contributed by atoms with Gasteiger partial charge in [-0.05, 0) is 42.8 Å². The number of nitro groups is 1. The number of sulfonamides is 1. The monoisotopic (exact) mass is 402 g/mol. The predicted octanol–water partition coefficient (Wildman–Crippen LogP) is 3.60.